The summed E-state index contributed by atoms with van der Waals surface area (Å²) in [6, 6.07) is -0.485. The first-order valence-corrected chi connectivity index (χ1v) is 7.03. The maximum Gasteiger partial charge on any atom is 0.323 e. The number of ether oxygens (including phenoxy) is 1. The highest BCUT2D eigenvalue weighted by molar-refractivity contribution is 7.99. The number of carbonyl (C=O) groups excluding carboxylic acids is 1. The summed E-state index contributed by atoms with van der Waals surface area (Å²) in [5.41, 5.74) is 5.68. The highest BCUT2D eigenvalue weighted by Gasteiger charge is 2.13. The normalized spacial score (nSPS) is 12.8. The lowest BCUT2D eigenvalue weighted by atomic mass is 10.4. The van der Waals surface area contributed by atoms with Gasteiger partial charge in [-0.25, -0.2) is 0 Å². The average molecular weight is 248 g/mol. The van der Waals surface area contributed by atoms with Gasteiger partial charge in [0, 0.05) is 18.1 Å². The third kappa shape index (κ3) is 7.09. The van der Waals surface area contributed by atoms with Crippen molar-refractivity contribution in [1.82, 2.24) is 4.90 Å². The van der Waals surface area contributed by atoms with Gasteiger partial charge in [0.15, 0.2) is 0 Å². The highest BCUT2D eigenvalue weighted by Crippen LogP contribution is 2.04. The van der Waals surface area contributed by atoms with E-state index in [1.807, 2.05) is 0 Å². The average Bonchev–Trinajstić information content (AvgIpc) is 2.29. The zero-order valence-corrected chi connectivity index (χ0v) is 11.4. The Morgan fingerprint density at radius 3 is 2.50 bits per heavy atom. The van der Waals surface area contributed by atoms with Gasteiger partial charge in [-0.05, 0) is 20.0 Å². The highest BCUT2D eigenvalue weighted by atomic mass is 32.2. The molecule has 0 amide bonds. The Bertz CT molecular complexity index is 187. The first kappa shape index (κ1) is 15.7. The molecular weight excluding hydrogens is 224 g/mol. The number of nitrogens with two attached hydrogens (primary N) is 1. The molecule has 0 aromatic heterocycles. The third-order valence-corrected chi connectivity index (χ3v) is 3.40. The molecular formula is C11H24N2O2S. The zero-order chi connectivity index (χ0) is 12.4. The molecule has 2 N–H and O–H groups in total. The Morgan fingerprint density at radius 2 is 2.00 bits per heavy atom. The van der Waals surface area contributed by atoms with Gasteiger partial charge in [-0.2, -0.15) is 11.8 Å². The van der Waals surface area contributed by atoms with E-state index >= 15 is 0 Å². The van der Waals surface area contributed by atoms with Crippen LogP contribution in [0.4, 0.5) is 0 Å². The van der Waals surface area contributed by atoms with Crippen LogP contribution in [0.25, 0.3) is 0 Å². The molecule has 1 atom stereocenters. The van der Waals surface area contributed by atoms with Crippen LogP contribution in [0.5, 0.6) is 0 Å². The lowest BCUT2D eigenvalue weighted by Crippen LogP contribution is -2.35. The third-order valence-electron chi connectivity index (χ3n) is 2.33. The topological polar surface area (TPSA) is 55.6 Å². The van der Waals surface area contributed by atoms with Gasteiger partial charge in [-0.1, -0.05) is 13.8 Å². The number of esters is 1. The number of hydrogen-bond donors (Lipinski definition) is 1. The second kappa shape index (κ2) is 9.93. The SMILES string of the molecule is CCOC(=O)C(N)CSCCN(CC)CC. The van der Waals surface area contributed by atoms with Crippen molar-refractivity contribution in [1.29, 1.82) is 0 Å². The minimum Gasteiger partial charge on any atom is -0.465 e. The molecule has 0 aromatic rings. The first-order valence-electron chi connectivity index (χ1n) is 5.87. The van der Waals surface area contributed by atoms with E-state index in [-0.39, 0.29) is 5.97 Å². The molecule has 0 aromatic carbocycles. The molecule has 1 unspecified atom stereocenters. The van der Waals surface area contributed by atoms with E-state index in [1.165, 1.54) is 0 Å². The molecule has 0 spiro atoms. The van der Waals surface area contributed by atoms with Gasteiger partial charge in [0.25, 0.3) is 0 Å². The second-order valence-corrected chi connectivity index (χ2v) is 4.61. The molecule has 0 aliphatic carbocycles. The van der Waals surface area contributed by atoms with E-state index in [0.29, 0.717) is 12.4 Å². The predicted molar refractivity (Wildman–Crippen MR) is 69.7 cm³/mol. The summed E-state index contributed by atoms with van der Waals surface area (Å²) in [4.78, 5) is 13.6. The molecule has 0 heterocycles. The quantitative estimate of drug-likeness (QED) is 0.486. The minimum atomic E-state index is -0.485. The number of rotatable bonds is 9. The Hall–Kier alpha value is -0.260. The molecule has 0 aliphatic heterocycles. The molecule has 0 aliphatic rings. The molecule has 0 saturated heterocycles. The number of carbonyl (C=O) groups is 1. The summed E-state index contributed by atoms with van der Waals surface area (Å²) >= 11 is 1.71. The van der Waals surface area contributed by atoms with Crippen LogP contribution in [0, 0.1) is 0 Å². The maximum atomic E-state index is 11.2. The minimum absolute atomic E-state index is 0.294. The van der Waals surface area contributed by atoms with Gasteiger partial charge < -0.3 is 15.4 Å². The van der Waals surface area contributed by atoms with Gasteiger partial charge in [0.05, 0.1) is 6.61 Å². The summed E-state index contributed by atoms with van der Waals surface area (Å²) in [7, 11) is 0. The van der Waals surface area contributed by atoms with Gasteiger partial charge in [-0.15, -0.1) is 0 Å². The van der Waals surface area contributed by atoms with Crippen LogP contribution in [-0.2, 0) is 9.53 Å². The van der Waals surface area contributed by atoms with Crippen molar-refractivity contribution in [2.45, 2.75) is 26.8 Å². The van der Waals surface area contributed by atoms with Crippen molar-refractivity contribution < 1.29 is 9.53 Å². The van der Waals surface area contributed by atoms with Crippen molar-refractivity contribution in [2.75, 3.05) is 37.7 Å². The zero-order valence-electron chi connectivity index (χ0n) is 10.6. The standard InChI is InChI=1S/C11H24N2O2S/c1-4-13(5-2)7-8-16-9-10(12)11(14)15-6-3/h10H,4-9,12H2,1-3H3. The van der Waals surface area contributed by atoms with Crippen LogP contribution in [0.2, 0.25) is 0 Å². The summed E-state index contributed by atoms with van der Waals surface area (Å²) in [5, 5.41) is 0. The van der Waals surface area contributed by atoms with Crippen LogP contribution in [0.1, 0.15) is 20.8 Å². The Kier molecular flexibility index (Phi) is 9.77. The van der Waals surface area contributed by atoms with E-state index in [9.17, 15) is 4.79 Å². The lowest BCUT2D eigenvalue weighted by molar-refractivity contribution is -0.144. The second-order valence-electron chi connectivity index (χ2n) is 3.46. The van der Waals surface area contributed by atoms with E-state index in [4.69, 9.17) is 10.5 Å². The molecule has 96 valence electrons. The Labute approximate surface area is 103 Å². The van der Waals surface area contributed by atoms with E-state index in [1.54, 1.807) is 18.7 Å². The summed E-state index contributed by atoms with van der Waals surface area (Å²) in [5.74, 6) is 1.35. The Balaban J connectivity index is 3.54. The number of thioether (sulfide) groups is 1. The van der Waals surface area contributed by atoms with E-state index < -0.39 is 6.04 Å². The summed E-state index contributed by atoms with van der Waals surface area (Å²) < 4.78 is 4.84. The smallest absolute Gasteiger partial charge is 0.323 e. The van der Waals surface area contributed by atoms with Gasteiger partial charge in [-0.3, -0.25) is 4.79 Å². The molecule has 0 fully saturated rings. The van der Waals surface area contributed by atoms with Crippen molar-refractivity contribution in [2.24, 2.45) is 5.73 Å². The largest absolute Gasteiger partial charge is 0.465 e. The lowest BCUT2D eigenvalue weighted by Gasteiger charge is -2.17. The Morgan fingerprint density at radius 1 is 1.38 bits per heavy atom. The fourth-order valence-electron chi connectivity index (χ4n) is 1.26. The predicted octanol–water partition coefficient (Wildman–Crippen LogP) is 0.952. The summed E-state index contributed by atoms with van der Waals surface area (Å²) in [6.45, 7) is 9.68. The molecule has 0 radical (unpaired) electrons. The number of hydrogen-bond acceptors (Lipinski definition) is 5. The number of nitrogens with zero attached hydrogens (tertiary/aromatic N) is 1. The molecule has 0 bridgehead atoms. The fraction of sp³-hybridized carbons (Fsp3) is 0.909. The van der Waals surface area contributed by atoms with Gasteiger partial charge in [0.2, 0.25) is 0 Å². The van der Waals surface area contributed by atoms with Crippen LogP contribution in [-0.4, -0.2) is 54.7 Å². The molecule has 0 rings (SSSR count). The van der Waals surface area contributed by atoms with Crippen molar-refractivity contribution in [3.05, 3.63) is 0 Å². The van der Waals surface area contributed by atoms with Crippen molar-refractivity contribution >= 4 is 17.7 Å². The van der Waals surface area contributed by atoms with Crippen molar-refractivity contribution in [3.63, 3.8) is 0 Å². The van der Waals surface area contributed by atoms with Crippen LogP contribution < -0.4 is 5.73 Å². The van der Waals surface area contributed by atoms with Gasteiger partial charge >= 0.3 is 5.97 Å². The van der Waals surface area contributed by atoms with Crippen molar-refractivity contribution in [3.8, 4) is 0 Å². The maximum absolute atomic E-state index is 11.2. The molecule has 0 saturated carbocycles. The van der Waals surface area contributed by atoms with Crippen LogP contribution in [0.15, 0.2) is 0 Å². The molecule has 16 heavy (non-hydrogen) atoms. The van der Waals surface area contributed by atoms with Crippen LogP contribution in [0.3, 0.4) is 0 Å². The first-order chi connectivity index (χ1) is 7.65. The molecule has 4 nitrogen and oxygen atoms in total. The molecule has 5 heteroatoms. The van der Waals surface area contributed by atoms with Gasteiger partial charge in [0.1, 0.15) is 6.04 Å². The summed E-state index contributed by atoms with van der Waals surface area (Å²) in [6.07, 6.45) is 0. The fourth-order valence-corrected chi connectivity index (χ4v) is 2.21. The van der Waals surface area contributed by atoms with E-state index in [0.717, 1.165) is 25.4 Å². The van der Waals surface area contributed by atoms with Crippen LogP contribution >= 0.6 is 11.8 Å². The van der Waals surface area contributed by atoms with E-state index in [2.05, 4.69) is 18.7 Å². The monoisotopic (exact) mass is 248 g/mol.